The molecule has 1 aromatic rings. The minimum Gasteiger partial charge on any atom is -0.496 e. The molecule has 26 heavy (non-hydrogen) atoms. The number of hydrazine groups is 1. The molecule has 0 heterocycles. The number of hydrogen-bond donors (Lipinski definition) is 3. The van der Waals surface area contributed by atoms with Crippen LogP contribution in [0.4, 0.5) is 0 Å². The lowest BCUT2D eigenvalue weighted by Crippen LogP contribution is -2.49. The molecule has 144 valence electrons. The second-order valence-electron chi connectivity index (χ2n) is 5.23. The van der Waals surface area contributed by atoms with Crippen molar-refractivity contribution in [3.63, 3.8) is 0 Å². The summed E-state index contributed by atoms with van der Waals surface area (Å²) in [6, 6.07) is 3.42. The summed E-state index contributed by atoms with van der Waals surface area (Å²) in [5.74, 6) is 1.23. The maximum absolute atomic E-state index is 11.9. The van der Waals surface area contributed by atoms with E-state index in [2.05, 4.69) is 16.2 Å². The Morgan fingerprint density at radius 3 is 2.27 bits per heavy atom. The van der Waals surface area contributed by atoms with Gasteiger partial charge in [-0.15, -0.1) is 0 Å². The van der Waals surface area contributed by atoms with Crippen molar-refractivity contribution in [3.05, 3.63) is 23.8 Å². The lowest BCUT2D eigenvalue weighted by molar-refractivity contribution is -0.116. The molecule has 1 rings (SSSR count). The SMILES string of the molecule is COC[C@H](C)NC(=S)NNC(=O)/C=C/c1cc(OC)c(OC)cc1OC. The molecule has 0 radical (unpaired) electrons. The molecule has 0 aromatic heterocycles. The number of methoxy groups -OCH3 is 4. The van der Waals surface area contributed by atoms with E-state index in [0.717, 1.165) is 0 Å². The second-order valence-corrected chi connectivity index (χ2v) is 5.63. The molecule has 9 heteroatoms. The average molecular weight is 383 g/mol. The Morgan fingerprint density at radius 1 is 1.08 bits per heavy atom. The highest BCUT2D eigenvalue weighted by Crippen LogP contribution is 2.35. The molecule has 0 aliphatic rings. The third-order valence-electron chi connectivity index (χ3n) is 3.24. The van der Waals surface area contributed by atoms with Crippen LogP contribution in [0.15, 0.2) is 18.2 Å². The number of benzene rings is 1. The molecule has 0 fully saturated rings. The number of rotatable bonds is 8. The molecular formula is C17H25N3O5S. The van der Waals surface area contributed by atoms with Crippen LogP contribution in [0.1, 0.15) is 12.5 Å². The predicted octanol–water partition coefficient (Wildman–Crippen LogP) is 1.26. The molecule has 8 nitrogen and oxygen atoms in total. The standard InChI is InChI=1S/C17H25N3O5S/c1-11(10-22-2)18-17(26)20-19-16(21)7-6-12-8-14(24-4)15(25-5)9-13(12)23-3/h6-9,11H,10H2,1-5H3,(H,19,21)(H2,18,20,26)/b7-6+/t11-/m0/s1. The van der Waals surface area contributed by atoms with Crippen LogP contribution >= 0.6 is 12.2 Å². The average Bonchev–Trinajstić information content (AvgIpc) is 2.63. The second kappa shape index (κ2) is 11.2. The van der Waals surface area contributed by atoms with Crippen molar-refractivity contribution < 1.29 is 23.7 Å². The van der Waals surface area contributed by atoms with Crippen molar-refractivity contribution >= 4 is 29.3 Å². The van der Waals surface area contributed by atoms with Crippen LogP contribution in [0, 0.1) is 0 Å². The van der Waals surface area contributed by atoms with Gasteiger partial charge >= 0.3 is 0 Å². The summed E-state index contributed by atoms with van der Waals surface area (Å²) in [5, 5.41) is 3.25. The largest absolute Gasteiger partial charge is 0.496 e. The third kappa shape index (κ3) is 6.77. The van der Waals surface area contributed by atoms with Gasteiger partial charge in [-0.05, 0) is 31.3 Å². The molecule has 1 atom stereocenters. The lowest BCUT2D eigenvalue weighted by Gasteiger charge is -2.16. The van der Waals surface area contributed by atoms with Crippen molar-refractivity contribution in [3.8, 4) is 17.2 Å². The highest BCUT2D eigenvalue weighted by molar-refractivity contribution is 7.80. The van der Waals surface area contributed by atoms with Crippen LogP contribution in [0.3, 0.4) is 0 Å². The van der Waals surface area contributed by atoms with Crippen LogP contribution in [0.5, 0.6) is 17.2 Å². The Bertz CT molecular complexity index is 652. The number of ether oxygens (including phenoxy) is 4. The fourth-order valence-corrected chi connectivity index (χ4v) is 2.31. The fraction of sp³-hybridized carbons (Fsp3) is 0.412. The van der Waals surface area contributed by atoms with Gasteiger partial charge in [-0.25, -0.2) is 0 Å². The van der Waals surface area contributed by atoms with Gasteiger partial charge in [0.1, 0.15) is 5.75 Å². The quantitative estimate of drug-likeness (QED) is 0.351. The molecule has 0 unspecified atom stereocenters. The molecule has 1 amide bonds. The van der Waals surface area contributed by atoms with E-state index in [1.165, 1.54) is 27.4 Å². The summed E-state index contributed by atoms with van der Waals surface area (Å²) in [4.78, 5) is 11.9. The molecule has 0 saturated carbocycles. The molecule has 0 aliphatic heterocycles. The van der Waals surface area contributed by atoms with Gasteiger partial charge in [-0.2, -0.15) is 0 Å². The molecule has 0 spiro atoms. The minimum absolute atomic E-state index is 0.0171. The smallest absolute Gasteiger partial charge is 0.262 e. The molecule has 0 bridgehead atoms. The highest BCUT2D eigenvalue weighted by Gasteiger charge is 2.10. The Balaban J connectivity index is 2.69. The Labute approximate surface area is 158 Å². The monoisotopic (exact) mass is 383 g/mol. The molecule has 3 N–H and O–H groups in total. The summed E-state index contributed by atoms with van der Waals surface area (Å²) in [7, 11) is 6.21. The Morgan fingerprint density at radius 2 is 1.69 bits per heavy atom. The van der Waals surface area contributed by atoms with Gasteiger partial charge in [-0.1, -0.05) is 0 Å². The number of nitrogens with one attached hydrogen (secondary N) is 3. The van der Waals surface area contributed by atoms with Crippen LogP contribution in [0.2, 0.25) is 0 Å². The van der Waals surface area contributed by atoms with Gasteiger partial charge in [0.2, 0.25) is 0 Å². The zero-order chi connectivity index (χ0) is 19.5. The van der Waals surface area contributed by atoms with Gasteiger partial charge < -0.3 is 24.3 Å². The van der Waals surface area contributed by atoms with E-state index in [9.17, 15) is 4.79 Å². The van der Waals surface area contributed by atoms with Crippen LogP contribution in [-0.2, 0) is 9.53 Å². The van der Waals surface area contributed by atoms with Crippen LogP contribution in [-0.4, -0.2) is 52.1 Å². The van der Waals surface area contributed by atoms with E-state index >= 15 is 0 Å². The fourth-order valence-electron chi connectivity index (χ4n) is 2.06. The molecular weight excluding hydrogens is 358 g/mol. The maximum Gasteiger partial charge on any atom is 0.262 e. The molecule has 0 aliphatic carbocycles. The zero-order valence-corrected chi connectivity index (χ0v) is 16.4. The first kappa shape index (κ1) is 21.5. The van der Waals surface area contributed by atoms with E-state index in [-0.39, 0.29) is 11.9 Å². The first-order valence-electron chi connectivity index (χ1n) is 7.78. The summed E-state index contributed by atoms with van der Waals surface area (Å²) >= 11 is 5.07. The number of amides is 1. The molecule has 0 saturated heterocycles. The van der Waals surface area contributed by atoms with Crippen molar-refractivity contribution in [1.29, 1.82) is 0 Å². The summed E-state index contributed by atoms with van der Waals surface area (Å²) in [6.45, 7) is 2.40. The normalized spacial score (nSPS) is 11.6. The lowest BCUT2D eigenvalue weighted by atomic mass is 10.1. The van der Waals surface area contributed by atoms with Crippen LogP contribution in [0.25, 0.3) is 6.08 Å². The molecule has 1 aromatic carbocycles. The Kier molecular flexibility index (Phi) is 9.24. The summed E-state index contributed by atoms with van der Waals surface area (Å²) in [5.41, 5.74) is 5.75. The third-order valence-corrected chi connectivity index (χ3v) is 3.46. The number of carbonyl (C=O) groups is 1. The topological polar surface area (TPSA) is 90.1 Å². The highest BCUT2D eigenvalue weighted by atomic mass is 32.1. The van der Waals surface area contributed by atoms with Crippen molar-refractivity contribution in [2.75, 3.05) is 35.0 Å². The van der Waals surface area contributed by atoms with Crippen LogP contribution < -0.4 is 30.4 Å². The van der Waals surface area contributed by atoms with E-state index in [0.29, 0.717) is 34.5 Å². The minimum atomic E-state index is -0.384. The number of carbonyl (C=O) groups excluding carboxylic acids is 1. The van der Waals surface area contributed by atoms with Crippen molar-refractivity contribution in [2.24, 2.45) is 0 Å². The van der Waals surface area contributed by atoms with E-state index < -0.39 is 0 Å². The Hall–Kier alpha value is -2.52. The van der Waals surface area contributed by atoms with E-state index in [1.807, 2.05) is 6.92 Å². The van der Waals surface area contributed by atoms with E-state index in [4.69, 9.17) is 31.2 Å². The number of thiocarbonyl (C=S) groups is 1. The van der Waals surface area contributed by atoms with Gasteiger partial charge in [0.05, 0.1) is 27.9 Å². The maximum atomic E-state index is 11.9. The van der Waals surface area contributed by atoms with Gasteiger partial charge in [0, 0.05) is 30.9 Å². The summed E-state index contributed by atoms with van der Waals surface area (Å²) in [6.07, 6.45) is 2.94. The van der Waals surface area contributed by atoms with Gasteiger partial charge in [-0.3, -0.25) is 15.6 Å². The van der Waals surface area contributed by atoms with Crippen molar-refractivity contribution in [1.82, 2.24) is 16.2 Å². The van der Waals surface area contributed by atoms with Gasteiger partial charge in [0.25, 0.3) is 5.91 Å². The summed E-state index contributed by atoms with van der Waals surface area (Å²) < 4.78 is 20.8. The number of hydrogen-bond acceptors (Lipinski definition) is 6. The first-order chi connectivity index (χ1) is 12.4. The first-order valence-corrected chi connectivity index (χ1v) is 8.19. The van der Waals surface area contributed by atoms with Gasteiger partial charge in [0.15, 0.2) is 16.6 Å². The van der Waals surface area contributed by atoms with E-state index in [1.54, 1.807) is 25.3 Å². The predicted molar refractivity (Wildman–Crippen MR) is 103 cm³/mol. The zero-order valence-electron chi connectivity index (χ0n) is 15.5. The van der Waals surface area contributed by atoms with Crippen molar-refractivity contribution in [2.45, 2.75) is 13.0 Å².